The number of ether oxygens (including phenoxy) is 1. The first-order chi connectivity index (χ1) is 11.1. The zero-order chi connectivity index (χ0) is 16.2. The molecule has 1 aliphatic heterocycles. The van der Waals surface area contributed by atoms with Gasteiger partial charge in [0, 0.05) is 11.6 Å². The van der Waals surface area contributed by atoms with Crippen LogP contribution in [0.15, 0.2) is 28.8 Å². The van der Waals surface area contributed by atoms with E-state index in [1.807, 2.05) is 24.3 Å². The number of aryl methyl sites for hydroxylation is 1. The van der Waals surface area contributed by atoms with Crippen molar-refractivity contribution in [2.24, 2.45) is 0 Å². The lowest BCUT2D eigenvalue weighted by atomic mass is 10.0. The number of halogens is 1. The van der Waals surface area contributed by atoms with Gasteiger partial charge in [-0.3, -0.25) is 0 Å². The second-order valence-electron chi connectivity index (χ2n) is 5.30. The number of urea groups is 1. The number of hydrogen-bond donors (Lipinski definition) is 2. The van der Waals surface area contributed by atoms with Gasteiger partial charge in [-0.25, -0.2) is 4.79 Å². The minimum atomic E-state index is -0.296. The second-order valence-corrected chi connectivity index (χ2v) is 5.74. The Balaban J connectivity index is 1.55. The molecule has 0 bridgehead atoms. The molecular formula is C15H17ClN4O3. The summed E-state index contributed by atoms with van der Waals surface area (Å²) in [5, 5.41) is 9.96. The van der Waals surface area contributed by atoms with E-state index in [2.05, 4.69) is 20.8 Å². The summed E-state index contributed by atoms with van der Waals surface area (Å²) in [6, 6.07) is 7.05. The molecule has 1 aromatic carbocycles. The molecule has 0 unspecified atom stereocenters. The van der Waals surface area contributed by atoms with Gasteiger partial charge in [-0.05, 0) is 31.0 Å². The van der Waals surface area contributed by atoms with Crippen LogP contribution < -0.4 is 10.6 Å². The van der Waals surface area contributed by atoms with Crippen LogP contribution in [0.2, 0.25) is 5.02 Å². The molecule has 2 aromatic rings. The number of amides is 2. The number of hydrogen-bond acceptors (Lipinski definition) is 5. The Morgan fingerprint density at radius 1 is 1.39 bits per heavy atom. The quantitative estimate of drug-likeness (QED) is 0.894. The molecular weight excluding hydrogens is 320 g/mol. The first-order valence-electron chi connectivity index (χ1n) is 7.32. The molecule has 23 heavy (non-hydrogen) atoms. The number of carbonyl (C=O) groups excluding carboxylic acids is 1. The number of carbonyl (C=O) groups is 1. The van der Waals surface area contributed by atoms with Crippen LogP contribution in [-0.2, 0) is 11.3 Å². The summed E-state index contributed by atoms with van der Waals surface area (Å²) in [7, 11) is 0. The van der Waals surface area contributed by atoms with E-state index in [9.17, 15) is 4.79 Å². The molecule has 0 aliphatic carbocycles. The van der Waals surface area contributed by atoms with E-state index in [1.165, 1.54) is 0 Å². The minimum absolute atomic E-state index is 0.0967. The maximum absolute atomic E-state index is 12.0. The Kier molecular flexibility index (Phi) is 4.78. The van der Waals surface area contributed by atoms with Crippen molar-refractivity contribution in [1.82, 2.24) is 20.8 Å². The van der Waals surface area contributed by atoms with Crippen LogP contribution in [0.4, 0.5) is 4.79 Å². The van der Waals surface area contributed by atoms with E-state index < -0.39 is 0 Å². The first-order valence-corrected chi connectivity index (χ1v) is 7.70. The third-order valence-corrected chi connectivity index (χ3v) is 3.83. The maximum atomic E-state index is 12.0. The normalized spacial score (nSPS) is 20.4. The fourth-order valence-corrected chi connectivity index (χ4v) is 2.63. The van der Waals surface area contributed by atoms with E-state index in [4.69, 9.17) is 20.9 Å². The van der Waals surface area contributed by atoms with Crippen molar-refractivity contribution in [3.63, 3.8) is 0 Å². The summed E-state index contributed by atoms with van der Waals surface area (Å²) >= 11 is 5.90. The molecule has 3 rings (SSSR count). The van der Waals surface area contributed by atoms with Gasteiger partial charge >= 0.3 is 6.03 Å². The van der Waals surface area contributed by atoms with Crippen LogP contribution in [-0.4, -0.2) is 28.8 Å². The molecule has 122 valence electrons. The van der Waals surface area contributed by atoms with Crippen molar-refractivity contribution in [3.05, 3.63) is 46.6 Å². The fraction of sp³-hybridized carbons (Fsp3) is 0.400. The minimum Gasteiger partial charge on any atom is -0.371 e. The van der Waals surface area contributed by atoms with Gasteiger partial charge in [0.05, 0.1) is 12.6 Å². The molecule has 2 amide bonds. The lowest BCUT2D eigenvalue weighted by molar-refractivity contribution is 0.0999. The van der Waals surface area contributed by atoms with E-state index in [-0.39, 0.29) is 24.7 Å². The Morgan fingerprint density at radius 2 is 2.17 bits per heavy atom. The number of rotatable bonds is 4. The van der Waals surface area contributed by atoms with Crippen molar-refractivity contribution in [3.8, 4) is 0 Å². The van der Waals surface area contributed by atoms with Gasteiger partial charge in [0.2, 0.25) is 5.89 Å². The van der Waals surface area contributed by atoms with Gasteiger partial charge in [0.25, 0.3) is 0 Å². The highest BCUT2D eigenvalue weighted by molar-refractivity contribution is 6.30. The smallest absolute Gasteiger partial charge is 0.315 e. The van der Waals surface area contributed by atoms with Gasteiger partial charge in [-0.15, -0.1) is 0 Å². The maximum Gasteiger partial charge on any atom is 0.315 e. The zero-order valence-electron chi connectivity index (χ0n) is 12.6. The molecule has 7 nitrogen and oxygen atoms in total. The summed E-state index contributed by atoms with van der Waals surface area (Å²) < 4.78 is 10.7. The highest BCUT2D eigenvalue weighted by Crippen LogP contribution is 2.29. The average molecular weight is 337 g/mol. The van der Waals surface area contributed by atoms with Gasteiger partial charge in [0.15, 0.2) is 5.82 Å². The highest BCUT2D eigenvalue weighted by Gasteiger charge is 2.30. The number of nitrogens with zero attached hydrogens (tertiary/aromatic N) is 2. The summed E-state index contributed by atoms with van der Waals surface area (Å²) in [4.78, 5) is 16.0. The molecule has 1 aliphatic rings. The van der Waals surface area contributed by atoms with Gasteiger partial charge in [0.1, 0.15) is 6.10 Å². The van der Waals surface area contributed by atoms with Crippen molar-refractivity contribution >= 4 is 17.6 Å². The highest BCUT2D eigenvalue weighted by atomic mass is 35.5. The molecule has 2 heterocycles. The van der Waals surface area contributed by atoms with Crippen LogP contribution in [0.1, 0.15) is 29.8 Å². The number of nitrogens with one attached hydrogen (secondary N) is 2. The summed E-state index contributed by atoms with van der Waals surface area (Å²) in [5.41, 5.74) is 0.990. The van der Waals surface area contributed by atoms with Crippen molar-refractivity contribution in [1.29, 1.82) is 0 Å². The Hall–Kier alpha value is -2.12. The lowest BCUT2D eigenvalue weighted by Gasteiger charge is -2.20. The largest absolute Gasteiger partial charge is 0.371 e. The summed E-state index contributed by atoms with van der Waals surface area (Å²) in [5.74, 6) is 0.906. The molecule has 1 fully saturated rings. The molecule has 8 heteroatoms. The van der Waals surface area contributed by atoms with Crippen molar-refractivity contribution in [2.45, 2.75) is 32.0 Å². The second kappa shape index (κ2) is 6.97. The zero-order valence-corrected chi connectivity index (χ0v) is 13.3. The molecule has 0 radical (unpaired) electrons. The molecule has 0 saturated carbocycles. The van der Waals surface area contributed by atoms with Crippen LogP contribution in [0, 0.1) is 6.92 Å². The van der Waals surface area contributed by atoms with E-state index in [1.54, 1.807) is 6.92 Å². The molecule has 2 atom stereocenters. The van der Waals surface area contributed by atoms with Crippen molar-refractivity contribution < 1.29 is 14.1 Å². The topological polar surface area (TPSA) is 89.3 Å². The summed E-state index contributed by atoms with van der Waals surface area (Å²) in [6.07, 6.45) is 0.573. The van der Waals surface area contributed by atoms with Crippen LogP contribution in [0.3, 0.4) is 0 Å². The SMILES string of the molecule is Cc1noc(CNC(=O)N[C@H]2CCO[C@@H]2c2ccc(Cl)cc2)n1. The van der Waals surface area contributed by atoms with E-state index >= 15 is 0 Å². The van der Waals surface area contributed by atoms with Gasteiger partial charge < -0.3 is 19.9 Å². The third kappa shape index (κ3) is 4.00. The first kappa shape index (κ1) is 15.8. The van der Waals surface area contributed by atoms with E-state index in [0.717, 1.165) is 12.0 Å². The van der Waals surface area contributed by atoms with Crippen LogP contribution in [0.25, 0.3) is 0 Å². The summed E-state index contributed by atoms with van der Waals surface area (Å²) in [6.45, 7) is 2.51. The number of aromatic nitrogens is 2. The Morgan fingerprint density at radius 3 is 2.87 bits per heavy atom. The van der Waals surface area contributed by atoms with Gasteiger partial charge in [-0.1, -0.05) is 28.9 Å². The molecule has 1 aromatic heterocycles. The Bertz CT molecular complexity index is 674. The lowest BCUT2D eigenvalue weighted by Crippen LogP contribution is -2.43. The van der Waals surface area contributed by atoms with Crippen LogP contribution >= 0.6 is 11.6 Å². The number of benzene rings is 1. The van der Waals surface area contributed by atoms with Crippen LogP contribution in [0.5, 0.6) is 0 Å². The molecule has 0 spiro atoms. The predicted octanol–water partition coefficient (Wildman–Crippen LogP) is 2.36. The third-order valence-electron chi connectivity index (χ3n) is 3.58. The monoisotopic (exact) mass is 336 g/mol. The standard InChI is InChI=1S/C15H17ClN4O3/c1-9-18-13(23-20-9)8-17-15(21)19-12-6-7-22-14(12)10-2-4-11(16)5-3-10/h2-5,12,14H,6-8H2,1H3,(H2,17,19,21)/t12-,14+/m0/s1. The predicted molar refractivity (Wildman–Crippen MR) is 83.0 cm³/mol. The van der Waals surface area contributed by atoms with E-state index in [0.29, 0.717) is 23.3 Å². The van der Waals surface area contributed by atoms with Gasteiger partial charge in [-0.2, -0.15) is 4.98 Å². The Labute approximate surface area is 138 Å². The molecule has 1 saturated heterocycles. The van der Waals surface area contributed by atoms with Crippen molar-refractivity contribution in [2.75, 3.05) is 6.61 Å². The fourth-order valence-electron chi connectivity index (χ4n) is 2.51. The molecule has 2 N–H and O–H groups in total. The average Bonchev–Trinajstić information content (AvgIpc) is 3.15.